The molecule has 2 aliphatic heterocycles. The normalized spacial score (nSPS) is 18.1. The number of aromatic nitrogens is 4. The second-order valence-corrected chi connectivity index (χ2v) is 9.43. The van der Waals surface area contributed by atoms with E-state index in [4.69, 9.17) is 10.7 Å². The molecule has 0 radical (unpaired) electrons. The van der Waals surface area contributed by atoms with Gasteiger partial charge in [0.05, 0.1) is 34.4 Å². The van der Waals surface area contributed by atoms with Crippen LogP contribution in [0.1, 0.15) is 29.9 Å². The standard InChI is InChI=1S/C29H25N9O2/c1-18(33-28(39)25-26(30)35-23-12-7-15-31-38(23)25)27-34-22-11-6-8-20(14-13-19-16-32-36(2)17-19)24(22)29(40)37(27)21-9-4-3-5-10-21/h3-12,15-18,23,25H,1-2H3,(H2,30,35)(H,33,39). The van der Waals surface area contributed by atoms with Gasteiger partial charge >= 0.3 is 0 Å². The van der Waals surface area contributed by atoms with Crippen LogP contribution in [0.25, 0.3) is 16.6 Å². The van der Waals surface area contributed by atoms with Crippen molar-refractivity contribution in [2.45, 2.75) is 25.2 Å². The molecule has 2 aromatic heterocycles. The number of amides is 1. The predicted molar refractivity (Wildman–Crippen MR) is 152 cm³/mol. The average Bonchev–Trinajstić information content (AvgIpc) is 3.53. The Balaban J connectivity index is 1.43. The van der Waals surface area contributed by atoms with Gasteiger partial charge in [-0.15, -0.1) is 0 Å². The van der Waals surface area contributed by atoms with Crippen LogP contribution >= 0.6 is 0 Å². The molecular weight excluding hydrogens is 506 g/mol. The molecule has 4 aromatic rings. The van der Waals surface area contributed by atoms with Gasteiger partial charge in [-0.25, -0.2) is 15.0 Å². The first kappa shape index (κ1) is 24.8. The Morgan fingerprint density at radius 3 is 2.73 bits per heavy atom. The van der Waals surface area contributed by atoms with Gasteiger partial charge in [-0.2, -0.15) is 10.2 Å². The van der Waals surface area contributed by atoms with Crippen LogP contribution in [-0.2, 0) is 11.8 Å². The number of hydrogen-bond donors (Lipinski definition) is 2. The minimum atomic E-state index is -0.875. The van der Waals surface area contributed by atoms with E-state index in [-0.39, 0.29) is 11.4 Å². The third-order valence-electron chi connectivity index (χ3n) is 6.65. The first-order valence-corrected chi connectivity index (χ1v) is 12.6. The average molecular weight is 532 g/mol. The zero-order chi connectivity index (χ0) is 27.8. The first-order chi connectivity index (χ1) is 19.4. The number of allylic oxidation sites excluding steroid dienone is 1. The van der Waals surface area contributed by atoms with Gasteiger partial charge in [-0.3, -0.25) is 18.8 Å². The molecule has 2 aromatic carbocycles. The fraction of sp³-hybridized carbons (Fsp3) is 0.172. The van der Waals surface area contributed by atoms with Crippen molar-refractivity contribution in [1.29, 1.82) is 0 Å². The summed E-state index contributed by atoms with van der Waals surface area (Å²) in [4.78, 5) is 36.7. The molecule has 0 saturated carbocycles. The predicted octanol–water partition coefficient (Wildman–Crippen LogP) is 1.62. The van der Waals surface area contributed by atoms with Crippen LogP contribution in [0, 0.1) is 11.8 Å². The van der Waals surface area contributed by atoms with Crippen molar-refractivity contribution in [1.82, 2.24) is 29.7 Å². The van der Waals surface area contributed by atoms with E-state index in [1.54, 1.807) is 59.5 Å². The number of nitrogens with zero attached hydrogens (tertiary/aromatic N) is 7. The lowest BCUT2D eigenvalue weighted by Gasteiger charge is -2.27. The number of aryl methyl sites for hydroxylation is 1. The maximum atomic E-state index is 14.1. The molecule has 0 spiro atoms. The summed E-state index contributed by atoms with van der Waals surface area (Å²) >= 11 is 0. The molecule has 40 heavy (non-hydrogen) atoms. The maximum Gasteiger partial charge on any atom is 0.267 e. The molecular formula is C29H25N9O2. The van der Waals surface area contributed by atoms with Crippen molar-refractivity contribution in [3.63, 3.8) is 0 Å². The molecule has 6 rings (SSSR count). The quantitative estimate of drug-likeness (QED) is 0.384. The Morgan fingerprint density at radius 2 is 1.95 bits per heavy atom. The summed E-state index contributed by atoms with van der Waals surface area (Å²) in [6.45, 7) is 1.77. The summed E-state index contributed by atoms with van der Waals surface area (Å²) < 4.78 is 3.18. The maximum absolute atomic E-state index is 14.1. The monoisotopic (exact) mass is 531 g/mol. The minimum Gasteiger partial charge on any atom is -0.385 e. The molecule has 0 bridgehead atoms. The van der Waals surface area contributed by atoms with Crippen LogP contribution in [0.15, 0.2) is 88.0 Å². The number of amidine groups is 1. The highest BCUT2D eigenvalue weighted by molar-refractivity contribution is 6.08. The molecule has 198 valence electrons. The Bertz CT molecular complexity index is 1840. The highest BCUT2D eigenvalue weighted by Gasteiger charge is 2.39. The summed E-state index contributed by atoms with van der Waals surface area (Å²) in [5, 5.41) is 13.3. The van der Waals surface area contributed by atoms with Crippen LogP contribution in [0.5, 0.6) is 0 Å². The van der Waals surface area contributed by atoms with E-state index < -0.39 is 24.2 Å². The summed E-state index contributed by atoms with van der Waals surface area (Å²) in [7, 11) is 1.82. The van der Waals surface area contributed by atoms with Gasteiger partial charge in [-0.1, -0.05) is 36.1 Å². The van der Waals surface area contributed by atoms with Crippen LogP contribution < -0.4 is 16.6 Å². The van der Waals surface area contributed by atoms with Crippen LogP contribution in [0.4, 0.5) is 0 Å². The number of rotatable bonds is 4. The molecule has 0 aliphatic carbocycles. The SMILES string of the molecule is CC(NC(=O)C1C(N)=NC2C=CC=NN21)c1nc2cccc(C#Cc3cnn(C)c3)c2c(=O)n1-c1ccccc1. The van der Waals surface area contributed by atoms with Crippen LogP contribution in [0.3, 0.4) is 0 Å². The van der Waals surface area contributed by atoms with E-state index >= 15 is 0 Å². The number of para-hydroxylation sites is 1. The minimum absolute atomic E-state index is 0.169. The first-order valence-electron chi connectivity index (χ1n) is 12.6. The number of fused-ring (bicyclic) bond motifs is 2. The lowest BCUT2D eigenvalue weighted by Crippen LogP contribution is -2.51. The molecule has 0 saturated heterocycles. The van der Waals surface area contributed by atoms with Crippen molar-refractivity contribution in [2.75, 3.05) is 0 Å². The second kappa shape index (κ2) is 9.99. The third kappa shape index (κ3) is 4.41. The summed E-state index contributed by atoms with van der Waals surface area (Å²) in [5.74, 6) is 6.32. The summed E-state index contributed by atoms with van der Waals surface area (Å²) in [5.41, 5.74) is 8.18. The van der Waals surface area contributed by atoms with E-state index in [1.807, 2.05) is 43.5 Å². The number of nitrogens with two attached hydrogens (primary N) is 1. The Labute approximate surface area is 229 Å². The van der Waals surface area contributed by atoms with E-state index in [1.165, 1.54) is 4.57 Å². The van der Waals surface area contributed by atoms with E-state index in [9.17, 15) is 9.59 Å². The molecule has 11 nitrogen and oxygen atoms in total. The molecule has 3 N–H and O–H groups in total. The number of carbonyl (C=O) groups is 1. The Morgan fingerprint density at radius 1 is 1.12 bits per heavy atom. The van der Waals surface area contributed by atoms with Crippen LogP contribution in [-0.4, -0.2) is 54.5 Å². The number of carbonyl (C=O) groups excluding carboxylic acids is 1. The van der Waals surface area contributed by atoms with Crippen molar-refractivity contribution in [2.24, 2.45) is 22.9 Å². The van der Waals surface area contributed by atoms with Gasteiger partial charge in [0, 0.05) is 25.0 Å². The van der Waals surface area contributed by atoms with Gasteiger partial charge in [0.25, 0.3) is 11.5 Å². The Hall–Kier alpha value is -5.50. The zero-order valence-corrected chi connectivity index (χ0v) is 21.8. The molecule has 1 amide bonds. The molecule has 11 heteroatoms. The molecule has 0 fully saturated rings. The van der Waals surface area contributed by atoms with Gasteiger partial charge in [0.2, 0.25) is 0 Å². The third-order valence-corrected chi connectivity index (χ3v) is 6.65. The van der Waals surface area contributed by atoms with Crippen molar-refractivity contribution in [3.05, 3.63) is 100 Å². The number of nitrogens with one attached hydrogen (secondary N) is 1. The molecule has 3 unspecified atom stereocenters. The van der Waals surface area contributed by atoms with Crippen molar-refractivity contribution in [3.8, 4) is 17.5 Å². The van der Waals surface area contributed by atoms with Crippen molar-refractivity contribution >= 4 is 28.9 Å². The molecule has 4 heterocycles. The lowest BCUT2D eigenvalue weighted by molar-refractivity contribution is -0.124. The number of benzene rings is 2. The molecule has 3 atom stereocenters. The number of aliphatic imine (C=N–C) groups is 1. The van der Waals surface area contributed by atoms with E-state index in [0.29, 0.717) is 28.0 Å². The van der Waals surface area contributed by atoms with Gasteiger partial charge in [-0.05, 0) is 43.3 Å². The van der Waals surface area contributed by atoms with Gasteiger partial charge in [0.1, 0.15) is 11.7 Å². The summed E-state index contributed by atoms with van der Waals surface area (Å²) in [6.07, 6.45) is 8.19. The molecule has 2 aliphatic rings. The Kier molecular flexibility index (Phi) is 6.20. The van der Waals surface area contributed by atoms with Crippen LogP contribution in [0.2, 0.25) is 0 Å². The number of hydrazone groups is 1. The smallest absolute Gasteiger partial charge is 0.267 e. The number of hydrogen-bond acceptors (Lipinski definition) is 8. The fourth-order valence-corrected chi connectivity index (χ4v) is 4.81. The van der Waals surface area contributed by atoms with Gasteiger partial charge in [0.15, 0.2) is 12.2 Å². The van der Waals surface area contributed by atoms with Crippen molar-refractivity contribution < 1.29 is 4.79 Å². The van der Waals surface area contributed by atoms with E-state index in [0.717, 1.165) is 5.56 Å². The van der Waals surface area contributed by atoms with Gasteiger partial charge < -0.3 is 11.1 Å². The topological polar surface area (TPSA) is 136 Å². The highest BCUT2D eigenvalue weighted by Crippen LogP contribution is 2.23. The van der Waals surface area contributed by atoms with E-state index in [2.05, 4.69) is 32.4 Å². The largest absolute Gasteiger partial charge is 0.385 e. The fourth-order valence-electron chi connectivity index (χ4n) is 4.81. The zero-order valence-electron chi connectivity index (χ0n) is 21.8. The summed E-state index contributed by atoms with van der Waals surface area (Å²) in [6, 6.07) is 13.0. The second-order valence-electron chi connectivity index (χ2n) is 9.43. The highest BCUT2D eigenvalue weighted by atomic mass is 16.2. The lowest BCUT2D eigenvalue weighted by atomic mass is 10.1.